The molecular formula is C23H24FN5O3. The number of aryl methyl sites for hydroxylation is 1. The van der Waals surface area contributed by atoms with E-state index in [1.165, 1.54) is 16.8 Å². The van der Waals surface area contributed by atoms with Gasteiger partial charge in [-0.3, -0.25) is 9.59 Å². The van der Waals surface area contributed by atoms with Crippen molar-refractivity contribution in [2.75, 3.05) is 33.3 Å². The lowest BCUT2D eigenvalue weighted by Gasteiger charge is -2.34. The summed E-state index contributed by atoms with van der Waals surface area (Å²) in [6.07, 6.45) is 0.286. The van der Waals surface area contributed by atoms with Gasteiger partial charge in [-0.05, 0) is 48.9 Å². The van der Waals surface area contributed by atoms with Crippen LogP contribution in [0, 0.1) is 12.7 Å². The molecule has 0 unspecified atom stereocenters. The Morgan fingerprint density at radius 2 is 1.72 bits per heavy atom. The van der Waals surface area contributed by atoms with Gasteiger partial charge in [-0.15, -0.1) is 5.10 Å². The smallest absolute Gasteiger partial charge is 0.293 e. The summed E-state index contributed by atoms with van der Waals surface area (Å²) >= 11 is 0. The maximum absolute atomic E-state index is 13.2. The fourth-order valence-electron chi connectivity index (χ4n) is 3.68. The van der Waals surface area contributed by atoms with E-state index < -0.39 is 0 Å². The van der Waals surface area contributed by atoms with Gasteiger partial charge in [0.15, 0.2) is 0 Å². The van der Waals surface area contributed by atoms with Gasteiger partial charge >= 0.3 is 0 Å². The van der Waals surface area contributed by atoms with Crippen molar-refractivity contribution in [1.29, 1.82) is 0 Å². The summed E-state index contributed by atoms with van der Waals surface area (Å²) in [4.78, 5) is 33.3. The number of methoxy groups -OCH3 is 1. The number of rotatable bonds is 5. The molecule has 2 heterocycles. The van der Waals surface area contributed by atoms with Gasteiger partial charge in [0.25, 0.3) is 5.91 Å². The highest BCUT2D eigenvalue weighted by Crippen LogP contribution is 2.16. The second-order valence-corrected chi connectivity index (χ2v) is 7.57. The monoisotopic (exact) mass is 437 g/mol. The van der Waals surface area contributed by atoms with Crippen LogP contribution in [0.25, 0.3) is 5.69 Å². The van der Waals surface area contributed by atoms with Crippen molar-refractivity contribution in [3.8, 4) is 11.4 Å². The topological polar surface area (TPSA) is 80.6 Å². The van der Waals surface area contributed by atoms with E-state index in [1.54, 1.807) is 36.0 Å². The van der Waals surface area contributed by atoms with Crippen molar-refractivity contribution < 1.29 is 18.7 Å². The van der Waals surface area contributed by atoms with E-state index in [1.807, 2.05) is 24.3 Å². The van der Waals surface area contributed by atoms with Crippen molar-refractivity contribution in [3.05, 3.63) is 71.6 Å². The first-order valence-corrected chi connectivity index (χ1v) is 10.3. The molecule has 0 saturated carbocycles. The number of hydrogen-bond donors (Lipinski definition) is 0. The van der Waals surface area contributed by atoms with Crippen molar-refractivity contribution in [1.82, 2.24) is 24.6 Å². The quantitative estimate of drug-likeness (QED) is 0.612. The minimum absolute atomic E-state index is 0.0138. The number of benzene rings is 2. The average Bonchev–Trinajstić information content (AvgIpc) is 3.20. The van der Waals surface area contributed by atoms with Gasteiger partial charge in [0.2, 0.25) is 11.7 Å². The van der Waals surface area contributed by atoms with Gasteiger partial charge in [-0.25, -0.2) is 14.1 Å². The maximum atomic E-state index is 13.2. The fourth-order valence-corrected chi connectivity index (χ4v) is 3.68. The molecule has 1 saturated heterocycles. The first-order chi connectivity index (χ1) is 15.4. The summed E-state index contributed by atoms with van der Waals surface area (Å²) in [6, 6.07) is 13.3. The molecule has 1 aromatic heterocycles. The molecule has 1 aliphatic heterocycles. The molecule has 0 bridgehead atoms. The molecule has 32 heavy (non-hydrogen) atoms. The zero-order chi connectivity index (χ0) is 22.7. The Balaban J connectivity index is 1.37. The number of carbonyl (C=O) groups excluding carboxylic acids is 2. The number of nitrogens with zero attached hydrogens (tertiary/aromatic N) is 5. The molecule has 0 spiro atoms. The number of carbonyl (C=O) groups is 2. The van der Waals surface area contributed by atoms with E-state index in [9.17, 15) is 14.0 Å². The molecule has 0 N–H and O–H groups in total. The van der Waals surface area contributed by atoms with Crippen LogP contribution in [0.5, 0.6) is 5.75 Å². The molecule has 0 aliphatic carbocycles. The van der Waals surface area contributed by atoms with Crippen LogP contribution >= 0.6 is 0 Å². The van der Waals surface area contributed by atoms with Crippen LogP contribution in [0.1, 0.15) is 22.0 Å². The van der Waals surface area contributed by atoms with E-state index in [0.717, 1.165) is 5.56 Å². The Kier molecular flexibility index (Phi) is 6.16. The zero-order valence-electron chi connectivity index (χ0n) is 18.0. The standard InChI is InChI=1S/C23H24FN5O3/c1-16-25-22(26-29(16)19-8-6-18(24)7-9-19)23(31)28-12-10-27(11-13-28)21(30)15-17-4-3-5-20(14-17)32-2/h3-9,14H,10-13,15H2,1-2H3. The normalized spacial score (nSPS) is 13.8. The molecule has 1 fully saturated rings. The summed E-state index contributed by atoms with van der Waals surface area (Å²) < 4.78 is 19.9. The average molecular weight is 437 g/mol. The van der Waals surface area contributed by atoms with E-state index in [-0.39, 0.29) is 29.9 Å². The van der Waals surface area contributed by atoms with Crippen LogP contribution in [-0.4, -0.2) is 69.7 Å². The minimum Gasteiger partial charge on any atom is -0.497 e. The molecule has 9 heteroatoms. The minimum atomic E-state index is -0.346. The predicted octanol–water partition coefficient (Wildman–Crippen LogP) is 2.25. The lowest BCUT2D eigenvalue weighted by molar-refractivity contribution is -0.131. The summed E-state index contributed by atoms with van der Waals surface area (Å²) in [5.41, 5.74) is 1.52. The van der Waals surface area contributed by atoms with Crippen LogP contribution < -0.4 is 4.74 Å². The Hall–Kier alpha value is -3.75. The molecule has 3 aromatic rings. The fraction of sp³-hybridized carbons (Fsp3) is 0.304. The zero-order valence-corrected chi connectivity index (χ0v) is 18.0. The highest BCUT2D eigenvalue weighted by Gasteiger charge is 2.27. The van der Waals surface area contributed by atoms with Gasteiger partial charge in [-0.2, -0.15) is 0 Å². The molecule has 2 amide bonds. The van der Waals surface area contributed by atoms with Crippen molar-refractivity contribution in [3.63, 3.8) is 0 Å². The largest absolute Gasteiger partial charge is 0.497 e. The third kappa shape index (κ3) is 4.61. The molecule has 1 aliphatic rings. The molecule has 166 valence electrons. The number of ether oxygens (including phenoxy) is 1. The Bertz CT molecular complexity index is 1120. The van der Waals surface area contributed by atoms with Crippen LogP contribution in [0.3, 0.4) is 0 Å². The molecule has 2 aromatic carbocycles. The Morgan fingerprint density at radius 3 is 2.41 bits per heavy atom. The second-order valence-electron chi connectivity index (χ2n) is 7.57. The maximum Gasteiger partial charge on any atom is 0.293 e. The second kappa shape index (κ2) is 9.17. The number of amides is 2. The SMILES string of the molecule is COc1cccc(CC(=O)N2CCN(C(=O)c3nc(C)n(-c4ccc(F)cc4)n3)CC2)c1. The predicted molar refractivity (Wildman–Crippen MR) is 115 cm³/mol. The van der Waals surface area contributed by atoms with Crippen LogP contribution in [0.15, 0.2) is 48.5 Å². The van der Waals surface area contributed by atoms with Crippen molar-refractivity contribution in [2.45, 2.75) is 13.3 Å². The number of piperazine rings is 1. The van der Waals surface area contributed by atoms with E-state index in [4.69, 9.17) is 4.74 Å². The van der Waals surface area contributed by atoms with Crippen LogP contribution in [-0.2, 0) is 11.2 Å². The van der Waals surface area contributed by atoms with E-state index in [2.05, 4.69) is 10.1 Å². The van der Waals surface area contributed by atoms with Crippen molar-refractivity contribution >= 4 is 11.8 Å². The van der Waals surface area contributed by atoms with Crippen LogP contribution in [0.4, 0.5) is 4.39 Å². The highest BCUT2D eigenvalue weighted by molar-refractivity contribution is 5.90. The summed E-state index contributed by atoms with van der Waals surface area (Å²) in [6.45, 7) is 3.46. The summed E-state index contributed by atoms with van der Waals surface area (Å²) in [7, 11) is 1.59. The van der Waals surface area contributed by atoms with E-state index in [0.29, 0.717) is 43.4 Å². The Labute approximate surface area is 185 Å². The van der Waals surface area contributed by atoms with Crippen molar-refractivity contribution in [2.24, 2.45) is 0 Å². The molecule has 8 nitrogen and oxygen atoms in total. The Morgan fingerprint density at radius 1 is 1.03 bits per heavy atom. The number of aromatic nitrogens is 3. The lowest BCUT2D eigenvalue weighted by atomic mass is 10.1. The lowest BCUT2D eigenvalue weighted by Crippen LogP contribution is -2.51. The molecule has 0 atom stereocenters. The third-order valence-corrected chi connectivity index (χ3v) is 5.44. The molecule has 4 rings (SSSR count). The van der Waals surface area contributed by atoms with Gasteiger partial charge in [0.1, 0.15) is 17.4 Å². The summed E-state index contributed by atoms with van der Waals surface area (Å²) in [5, 5.41) is 4.31. The number of hydrogen-bond acceptors (Lipinski definition) is 5. The molecule has 0 radical (unpaired) electrons. The van der Waals surface area contributed by atoms with Crippen LogP contribution in [0.2, 0.25) is 0 Å². The first kappa shape index (κ1) is 21.5. The first-order valence-electron chi connectivity index (χ1n) is 10.3. The summed E-state index contributed by atoms with van der Waals surface area (Å²) in [5.74, 6) is 0.721. The van der Waals surface area contributed by atoms with Gasteiger partial charge in [-0.1, -0.05) is 12.1 Å². The highest BCUT2D eigenvalue weighted by atomic mass is 19.1. The third-order valence-electron chi connectivity index (χ3n) is 5.44. The van der Waals surface area contributed by atoms with Gasteiger partial charge in [0.05, 0.1) is 19.2 Å². The molecular weight excluding hydrogens is 413 g/mol. The van der Waals surface area contributed by atoms with Gasteiger partial charge in [0, 0.05) is 26.2 Å². The van der Waals surface area contributed by atoms with Gasteiger partial charge < -0.3 is 14.5 Å². The number of halogens is 1. The van der Waals surface area contributed by atoms with E-state index >= 15 is 0 Å².